The molecule has 0 bridgehead atoms. The first-order chi connectivity index (χ1) is 12.0. The first kappa shape index (κ1) is 16.2. The van der Waals surface area contributed by atoms with Crippen molar-refractivity contribution in [3.05, 3.63) is 35.4 Å². The van der Waals surface area contributed by atoms with E-state index in [-0.39, 0.29) is 11.5 Å². The van der Waals surface area contributed by atoms with Crippen molar-refractivity contribution in [1.29, 1.82) is 0 Å². The Kier molecular flexibility index (Phi) is 3.82. The second kappa shape index (κ2) is 5.91. The quantitative estimate of drug-likeness (QED) is 0.278. The van der Waals surface area contributed by atoms with E-state index in [0.29, 0.717) is 17.9 Å². The molecule has 2 aliphatic heterocycles. The average molecular weight is 339 g/mol. The number of aliphatic hydroxyl groups excluding tert-OH is 1. The van der Waals surface area contributed by atoms with Crippen LogP contribution in [0.15, 0.2) is 24.3 Å². The van der Waals surface area contributed by atoms with E-state index in [2.05, 4.69) is 29.9 Å². The van der Waals surface area contributed by atoms with Crippen molar-refractivity contribution in [2.45, 2.75) is 43.9 Å². The first-order valence-corrected chi connectivity index (χ1v) is 8.57. The van der Waals surface area contributed by atoms with Gasteiger partial charge in [0.1, 0.15) is 6.10 Å². The molecule has 3 aliphatic rings. The highest BCUT2D eigenvalue weighted by Gasteiger charge is 2.52. The molecule has 0 saturated heterocycles. The summed E-state index contributed by atoms with van der Waals surface area (Å²) in [5.41, 5.74) is 2.01. The van der Waals surface area contributed by atoms with Crippen molar-refractivity contribution >= 4 is 5.97 Å². The zero-order chi connectivity index (χ0) is 17.6. The topological polar surface area (TPSA) is 59.0 Å². The number of benzene rings is 1. The third kappa shape index (κ3) is 2.53. The molecule has 0 radical (unpaired) electrons. The third-order valence-corrected chi connectivity index (χ3v) is 5.36. The molecule has 130 valence electrons. The smallest absolute Gasteiger partial charge is 0.389 e. The molecule has 2 heterocycles. The monoisotopic (exact) mass is 339 g/mol. The van der Waals surface area contributed by atoms with Crippen molar-refractivity contribution in [3.8, 4) is 23.3 Å². The van der Waals surface area contributed by atoms with Gasteiger partial charge in [-0.3, -0.25) is 0 Å². The van der Waals surface area contributed by atoms with Gasteiger partial charge in [-0.1, -0.05) is 24.1 Å². The lowest BCUT2D eigenvalue weighted by Crippen LogP contribution is -2.42. The Hall–Kier alpha value is -2.29. The maximum Gasteiger partial charge on any atom is 0.389 e. The Bertz CT molecular complexity index is 819. The van der Waals surface area contributed by atoms with Gasteiger partial charge in [-0.25, -0.2) is 4.79 Å². The van der Waals surface area contributed by atoms with Crippen molar-refractivity contribution in [3.63, 3.8) is 0 Å². The number of carbonyl (C=O) groups is 1. The van der Waals surface area contributed by atoms with E-state index in [9.17, 15) is 9.90 Å². The van der Waals surface area contributed by atoms with Gasteiger partial charge >= 0.3 is 5.97 Å². The average Bonchev–Trinajstić information content (AvgIpc) is 2.83. The molecule has 1 aliphatic carbocycles. The van der Waals surface area contributed by atoms with Gasteiger partial charge in [0.05, 0.1) is 11.5 Å². The molecule has 4 rings (SSSR count). The number of aliphatic hydroxyl groups is 1. The van der Waals surface area contributed by atoms with Crippen molar-refractivity contribution in [2.24, 2.45) is 0 Å². The number of hydrogen-bond donors (Lipinski definition) is 1. The summed E-state index contributed by atoms with van der Waals surface area (Å²) < 4.78 is 11.7. The van der Waals surface area contributed by atoms with Gasteiger partial charge < -0.3 is 19.5 Å². The van der Waals surface area contributed by atoms with Gasteiger partial charge in [0.2, 0.25) is 0 Å². The van der Waals surface area contributed by atoms with Crippen LogP contribution in [-0.4, -0.2) is 41.8 Å². The summed E-state index contributed by atoms with van der Waals surface area (Å²) in [6, 6.07) is 3.79. The Morgan fingerprint density at radius 3 is 3.12 bits per heavy atom. The van der Waals surface area contributed by atoms with E-state index in [4.69, 9.17) is 9.47 Å². The van der Waals surface area contributed by atoms with E-state index in [0.717, 1.165) is 25.1 Å². The number of rotatable bonds is 1. The number of hydrogen-bond acceptors (Lipinski definition) is 5. The molecule has 1 spiro atoms. The molecule has 1 unspecified atom stereocenters. The lowest BCUT2D eigenvalue weighted by atomic mass is 9.69. The summed E-state index contributed by atoms with van der Waals surface area (Å²) in [7, 11) is 2.10. The molecule has 25 heavy (non-hydrogen) atoms. The first-order valence-electron chi connectivity index (χ1n) is 8.57. The highest BCUT2D eigenvalue weighted by atomic mass is 16.6. The van der Waals surface area contributed by atoms with Gasteiger partial charge in [0, 0.05) is 24.4 Å². The molecule has 1 aromatic carbocycles. The van der Waals surface area contributed by atoms with E-state index < -0.39 is 12.1 Å². The molecule has 1 aromatic rings. The van der Waals surface area contributed by atoms with Crippen LogP contribution in [0.4, 0.5) is 0 Å². The molecule has 1 N–H and O–H groups in total. The minimum Gasteiger partial charge on any atom is -0.485 e. The maximum absolute atomic E-state index is 11.8. The van der Waals surface area contributed by atoms with E-state index >= 15 is 0 Å². The largest absolute Gasteiger partial charge is 0.485 e. The van der Waals surface area contributed by atoms with Gasteiger partial charge in [-0.2, -0.15) is 0 Å². The molecule has 0 fully saturated rings. The van der Waals surface area contributed by atoms with Crippen LogP contribution in [0.5, 0.6) is 11.5 Å². The molecule has 0 saturated carbocycles. The molecular formula is C20H21NO4. The second-order valence-electron chi connectivity index (χ2n) is 6.99. The normalized spacial score (nSPS) is 29.6. The van der Waals surface area contributed by atoms with Gasteiger partial charge in [0.15, 0.2) is 11.5 Å². The predicted molar refractivity (Wildman–Crippen MR) is 92.3 cm³/mol. The van der Waals surface area contributed by atoms with Gasteiger partial charge in [0.25, 0.3) is 0 Å². The summed E-state index contributed by atoms with van der Waals surface area (Å²) >= 11 is 0. The highest BCUT2D eigenvalue weighted by molar-refractivity contribution is 5.90. The molecular weight excluding hydrogens is 318 g/mol. The lowest BCUT2D eigenvalue weighted by Gasteiger charge is -2.35. The summed E-state index contributed by atoms with van der Waals surface area (Å²) in [6.07, 6.45) is 4.75. The van der Waals surface area contributed by atoms with Crippen molar-refractivity contribution in [2.75, 3.05) is 13.6 Å². The predicted octanol–water partition coefficient (Wildman–Crippen LogP) is 1.77. The molecule has 5 heteroatoms. The van der Waals surface area contributed by atoms with Crippen LogP contribution in [0.25, 0.3) is 0 Å². The lowest BCUT2D eigenvalue weighted by molar-refractivity contribution is -0.128. The number of ether oxygens (including phenoxy) is 2. The third-order valence-electron chi connectivity index (χ3n) is 5.36. The fourth-order valence-electron chi connectivity index (χ4n) is 4.22. The summed E-state index contributed by atoms with van der Waals surface area (Å²) in [5, 5.41) is 10.1. The zero-order valence-corrected chi connectivity index (χ0v) is 14.4. The van der Waals surface area contributed by atoms with Crippen LogP contribution < -0.4 is 9.47 Å². The molecule has 5 nitrogen and oxygen atoms in total. The van der Waals surface area contributed by atoms with E-state index in [1.54, 1.807) is 13.0 Å². The van der Waals surface area contributed by atoms with Crippen LogP contribution in [0.1, 0.15) is 30.9 Å². The Morgan fingerprint density at radius 1 is 1.48 bits per heavy atom. The van der Waals surface area contributed by atoms with Gasteiger partial charge in [-0.05, 0) is 38.6 Å². The molecule has 0 aromatic heterocycles. The molecule has 0 amide bonds. The standard InChI is InChI=1S/C20H21NO4/c1-3-4-17(23)24-15-6-5-13-12-21(2)10-9-20-8-7-14(22)11-16(20)25-19(15)18(13)20/h5-8,14,16,22H,9-12H2,1-2H3/t14-,16?,20-/m0/s1. The second-order valence-corrected chi connectivity index (χ2v) is 6.99. The maximum atomic E-state index is 11.8. The van der Waals surface area contributed by atoms with Crippen LogP contribution in [0.2, 0.25) is 0 Å². The van der Waals surface area contributed by atoms with Crippen LogP contribution in [0.3, 0.4) is 0 Å². The fraction of sp³-hybridized carbons (Fsp3) is 0.450. The van der Waals surface area contributed by atoms with Crippen molar-refractivity contribution in [1.82, 2.24) is 4.90 Å². The van der Waals surface area contributed by atoms with Crippen LogP contribution in [-0.2, 0) is 16.8 Å². The number of carbonyl (C=O) groups excluding carboxylic acids is 1. The van der Waals surface area contributed by atoms with Gasteiger partial charge in [-0.15, -0.1) is 0 Å². The Morgan fingerprint density at radius 2 is 2.32 bits per heavy atom. The number of esters is 1. The summed E-state index contributed by atoms with van der Waals surface area (Å²) in [5.74, 6) is 5.40. The fourth-order valence-corrected chi connectivity index (χ4v) is 4.22. The zero-order valence-electron chi connectivity index (χ0n) is 14.4. The van der Waals surface area contributed by atoms with Crippen LogP contribution in [0, 0.1) is 11.8 Å². The number of nitrogens with zero attached hydrogens (tertiary/aromatic N) is 1. The minimum atomic E-state index is -0.590. The summed E-state index contributed by atoms with van der Waals surface area (Å²) in [6.45, 7) is 3.35. The highest BCUT2D eigenvalue weighted by Crippen LogP contribution is 2.55. The van der Waals surface area contributed by atoms with E-state index in [1.165, 1.54) is 5.56 Å². The van der Waals surface area contributed by atoms with E-state index in [1.807, 2.05) is 12.1 Å². The summed E-state index contributed by atoms with van der Waals surface area (Å²) in [4.78, 5) is 14.1. The van der Waals surface area contributed by atoms with Crippen LogP contribution >= 0.6 is 0 Å². The SMILES string of the molecule is CC#CC(=O)Oc1ccc2c3c1OC1C[C@@H](O)C=C[C@@]31CCN(C)C2. The Balaban J connectivity index is 1.85. The minimum absolute atomic E-state index is 0.148. The Labute approximate surface area is 147 Å². The van der Waals surface area contributed by atoms with Crippen molar-refractivity contribution < 1.29 is 19.4 Å². The molecule has 3 atom stereocenters.